The highest BCUT2D eigenvalue weighted by atomic mass is 32.1. The van der Waals surface area contributed by atoms with Crippen LogP contribution in [-0.2, 0) is 0 Å². The summed E-state index contributed by atoms with van der Waals surface area (Å²) < 4.78 is 4.79. The zero-order chi connectivity index (χ0) is 34.6. The van der Waals surface area contributed by atoms with Crippen LogP contribution in [0.25, 0.3) is 93.0 Å². The Morgan fingerprint density at radius 2 is 1.10 bits per heavy atom. The van der Waals surface area contributed by atoms with Gasteiger partial charge < -0.3 is 4.57 Å². The van der Waals surface area contributed by atoms with Crippen molar-refractivity contribution >= 4 is 53.3 Å². The first-order valence-electron chi connectivity index (χ1n) is 17.1. The molecule has 0 N–H and O–H groups in total. The van der Waals surface area contributed by atoms with Crippen molar-refractivity contribution in [3.8, 4) is 57.0 Å². The second-order valence-electron chi connectivity index (χ2n) is 12.7. The molecule has 5 nitrogen and oxygen atoms in total. The summed E-state index contributed by atoms with van der Waals surface area (Å²) in [6.07, 6.45) is 0. The first-order chi connectivity index (χ1) is 25.7. The summed E-state index contributed by atoms with van der Waals surface area (Å²) in [5.41, 5.74) is 8.53. The van der Waals surface area contributed by atoms with Gasteiger partial charge in [0.15, 0.2) is 17.5 Å². The molecule has 52 heavy (non-hydrogen) atoms. The Hall–Kier alpha value is -6.94. The van der Waals surface area contributed by atoms with Crippen molar-refractivity contribution in [3.05, 3.63) is 169 Å². The fourth-order valence-electron chi connectivity index (χ4n) is 7.32. The van der Waals surface area contributed by atoms with E-state index in [0.717, 1.165) is 55.3 Å². The van der Waals surface area contributed by atoms with E-state index >= 15 is 0 Å². The normalized spacial score (nSPS) is 11.4. The Labute approximate surface area is 303 Å². The quantitative estimate of drug-likeness (QED) is 0.181. The SMILES string of the molecule is N#Cc1ccc2c(c1)c1ccccc1n2-c1ccc(-c2cccc3sc4ccccc4c23)cc1-c1nc(-c2ccccc2)nc(-c2ccccc2)n1. The number of benzene rings is 7. The zero-order valence-electron chi connectivity index (χ0n) is 27.7. The van der Waals surface area contributed by atoms with Crippen molar-refractivity contribution in [2.75, 3.05) is 0 Å². The number of hydrogen-bond donors (Lipinski definition) is 0. The summed E-state index contributed by atoms with van der Waals surface area (Å²) in [5.74, 6) is 1.78. The molecule has 0 bridgehead atoms. The van der Waals surface area contributed by atoms with E-state index in [0.29, 0.717) is 23.0 Å². The average molecular weight is 682 g/mol. The standard InChI is InChI=1S/C46H27N5S/c47-28-29-22-24-39-36(26-29)34-16-7-9-19-38(34)51(39)40-25-23-32(33-18-11-21-42-43(33)35-17-8-10-20-41(35)52-42)27-37(40)46-49-44(30-12-3-1-4-13-30)48-45(50-46)31-14-5-2-6-15-31/h1-27H. The summed E-state index contributed by atoms with van der Waals surface area (Å²) >= 11 is 1.82. The molecule has 0 atom stereocenters. The van der Waals surface area contributed by atoms with Crippen molar-refractivity contribution < 1.29 is 0 Å². The third-order valence-corrected chi connectivity index (χ3v) is 10.8. The number of fused-ring (bicyclic) bond motifs is 6. The van der Waals surface area contributed by atoms with Crippen molar-refractivity contribution in [2.24, 2.45) is 0 Å². The molecule has 0 aliphatic carbocycles. The van der Waals surface area contributed by atoms with Crippen LogP contribution in [0.5, 0.6) is 0 Å². The van der Waals surface area contributed by atoms with Crippen LogP contribution in [0, 0.1) is 11.3 Å². The lowest BCUT2D eigenvalue weighted by Gasteiger charge is -2.17. The molecule has 0 saturated heterocycles. The van der Waals surface area contributed by atoms with E-state index in [1.807, 2.05) is 96.3 Å². The Balaban J connectivity index is 1.31. The van der Waals surface area contributed by atoms with Gasteiger partial charge in [0.05, 0.1) is 28.4 Å². The lowest BCUT2D eigenvalue weighted by molar-refractivity contribution is 1.06. The van der Waals surface area contributed by atoms with E-state index < -0.39 is 0 Å². The van der Waals surface area contributed by atoms with Gasteiger partial charge in [-0.15, -0.1) is 11.3 Å². The van der Waals surface area contributed by atoms with Crippen LogP contribution in [0.4, 0.5) is 0 Å². The van der Waals surface area contributed by atoms with E-state index in [9.17, 15) is 5.26 Å². The Morgan fingerprint density at radius 3 is 1.85 bits per heavy atom. The predicted octanol–water partition coefficient (Wildman–Crippen LogP) is 11.9. The van der Waals surface area contributed by atoms with Gasteiger partial charge in [-0.3, -0.25) is 0 Å². The number of nitrogens with zero attached hydrogens (tertiary/aromatic N) is 5. The molecule has 10 aromatic rings. The highest BCUT2D eigenvalue weighted by molar-refractivity contribution is 7.25. The molecule has 3 heterocycles. The fraction of sp³-hybridized carbons (Fsp3) is 0. The first-order valence-corrected chi connectivity index (χ1v) is 17.9. The number of hydrogen-bond acceptors (Lipinski definition) is 5. The first kappa shape index (κ1) is 29.9. The van der Waals surface area contributed by atoms with Crippen LogP contribution in [0.1, 0.15) is 5.56 Å². The van der Waals surface area contributed by atoms with Crippen molar-refractivity contribution in [1.29, 1.82) is 5.26 Å². The van der Waals surface area contributed by atoms with Crippen LogP contribution in [-0.4, -0.2) is 19.5 Å². The number of aromatic nitrogens is 4. The Morgan fingerprint density at radius 1 is 0.462 bits per heavy atom. The number of rotatable bonds is 5. The highest BCUT2D eigenvalue weighted by Crippen LogP contribution is 2.43. The fourth-order valence-corrected chi connectivity index (χ4v) is 8.46. The van der Waals surface area contributed by atoms with Gasteiger partial charge in [0.1, 0.15) is 0 Å². The monoisotopic (exact) mass is 681 g/mol. The predicted molar refractivity (Wildman–Crippen MR) is 214 cm³/mol. The topological polar surface area (TPSA) is 67.4 Å². The molecule has 0 saturated carbocycles. The van der Waals surface area contributed by atoms with Crippen LogP contribution < -0.4 is 0 Å². The summed E-state index contributed by atoms with van der Waals surface area (Å²) in [7, 11) is 0. The van der Waals surface area contributed by atoms with Crippen LogP contribution in [0.2, 0.25) is 0 Å². The Kier molecular flexibility index (Phi) is 6.98. The van der Waals surface area contributed by atoms with E-state index in [1.54, 1.807) is 0 Å². The molecule has 0 radical (unpaired) electrons. The molecule has 0 unspecified atom stereocenters. The molecular formula is C46H27N5S. The van der Waals surface area contributed by atoms with Gasteiger partial charge in [0.2, 0.25) is 0 Å². The maximum absolute atomic E-state index is 9.81. The van der Waals surface area contributed by atoms with Gasteiger partial charge in [-0.05, 0) is 59.7 Å². The maximum atomic E-state index is 9.81. The lowest BCUT2D eigenvalue weighted by Crippen LogP contribution is -2.04. The average Bonchev–Trinajstić information content (AvgIpc) is 3.77. The van der Waals surface area contributed by atoms with Gasteiger partial charge >= 0.3 is 0 Å². The van der Waals surface area contributed by atoms with E-state index in [2.05, 4.69) is 89.5 Å². The molecule has 0 aliphatic heterocycles. The lowest BCUT2D eigenvalue weighted by atomic mass is 9.96. The number of thiophene rings is 1. The molecule has 7 aromatic carbocycles. The second-order valence-corrected chi connectivity index (χ2v) is 13.8. The second kappa shape index (κ2) is 12.1. The van der Waals surface area contributed by atoms with Crippen LogP contribution >= 0.6 is 11.3 Å². The smallest absolute Gasteiger partial charge is 0.166 e. The van der Waals surface area contributed by atoms with E-state index in [1.165, 1.54) is 20.2 Å². The van der Waals surface area contributed by atoms with E-state index in [-0.39, 0.29) is 0 Å². The van der Waals surface area contributed by atoms with Gasteiger partial charge in [-0.1, -0.05) is 115 Å². The summed E-state index contributed by atoms with van der Waals surface area (Å²) in [5, 5.41) is 14.4. The molecule has 3 aromatic heterocycles. The Bertz CT molecular complexity index is 2970. The summed E-state index contributed by atoms with van der Waals surface area (Å²) in [6.45, 7) is 0. The number of nitriles is 1. The molecule has 0 aliphatic rings. The highest BCUT2D eigenvalue weighted by Gasteiger charge is 2.21. The molecule has 0 fully saturated rings. The molecule has 0 spiro atoms. The van der Waals surface area contributed by atoms with Crippen molar-refractivity contribution in [3.63, 3.8) is 0 Å². The molecule has 242 valence electrons. The van der Waals surface area contributed by atoms with Crippen LogP contribution in [0.15, 0.2) is 164 Å². The van der Waals surface area contributed by atoms with Crippen molar-refractivity contribution in [2.45, 2.75) is 0 Å². The minimum Gasteiger partial charge on any atom is -0.308 e. The van der Waals surface area contributed by atoms with Crippen molar-refractivity contribution in [1.82, 2.24) is 19.5 Å². The maximum Gasteiger partial charge on any atom is 0.166 e. The third kappa shape index (κ3) is 4.87. The summed E-state index contributed by atoms with van der Waals surface area (Å²) in [4.78, 5) is 15.4. The molecule has 6 heteroatoms. The van der Waals surface area contributed by atoms with E-state index in [4.69, 9.17) is 15.0 Å². The van der Waals surface area contributed by atoms with Gasteiger partial charge in [-0.25, -0.2) is 15.0 Å². The number of para-hydroxylation sites is 1. The minimum atomic E-state index is 0.575. The summed E-state index contributed by atoms with van der Waals surface area (Å²) in [6, 6.07) is 58.6. The zero-order valence-corrected chi connectivity index (χ0v) is 28.5. The minimum absolute atomic E-state index is 0.575. The molecule has 0 amide bonds. The third-order valence-electron chi connectivity index (χ3n) is 9.69. The van der Waals surface area contributed by atoms with Gasteiger partial charge in [0, 0.05) is 47.6 Å². The van der Waals surface area contributed by atoms with Gasteiger partial charge in [-0.2, -0.15) is 5.26 Å². The van der Waals surface area contributed by atoms with Gasteiger partial charge in [0.25, 0.3) is 0 Å². The molecular weight excluding hydrogens is 655 g/mol. The molecule has 10 rings (SSSR count). The van der Waals surface area contributed by atoms with Crippen LogP contribution in [0.3, 0.4) is 0 Å². The largest absolute Gasteiger partial charge is 0.308 e.